The number of amides is 2. The van der Waals surface area contributed by atoms with Crippen LogP contribution in [-0.2, 0) is 13.1 Å². The van der Waals surface area contributed by atoms with Crippen LogP contribution >= 0.6 is 11.3 Å². The second-order valence-corrected chi connectivity index (χ2v) is 8.93. The fourth-order valence-electron chi connectivity index (χ4n) is 4.18. The minimum absolute atomic E-state index is 0.0125. The van der Waals surface area contributed by atoms with Gasteiger partial charge < -0.3 is 14.8 Å². The lowest BCUT2D eigenvalue weighted by Crippen LogP contribution is -2.39. The molecule has 1 atom stereocenters. The van der Waals surface area contributed by atoms with Crippen molar-refractivity contribution >= 4 is 34.2 Å². The molecule has 1 aliphatic heterocycles. The number of carbonyl (C=O) groups excluding carboxylic acids is 2. The summed E-state index contributed by atoms with van der Waals surface area (Å²) in [6.07, 6.45) is 0.818. The molecule has 4 aromatic rings. The van der Waals surface area contributed by atoms with Crippen molar-refractivity contribution in [1.29, 1.82) is 0 Å². The van der Waals surface area contributed by atoms with Crippen molar-refractivity contribution < 1.29 is 9.59 Å². The van der Waals surface area contributed by atoms with E-state index >= 15 is 0 Å². The van der Waals surface area contributed by atoms with Gasteiger partial charge in [-0.05, 0) is 41.6 Å². The normalized spacial score (nSPS) is 14.4. The van der Waals surface area contributed by atoms with Gasteiger partial charge in [0.05, 0.1) is 17.1 Å². The number of aromatic nitrogens is 2. The summed E-state index contributed by atoms with van der Waals surface area (Å²) in [5.74, 6) is 0.228. The molecule has 2 amide bonds. The van der Waals surface area contributed by atoms with Gasteiger partial charge in [-0.1, -0.05) is 43.3 Å². The Bertz CT molecular complexity index is 1260. The highest BCUT2D eigenvalue weighted by atomic mass is 32.1. The molecule has 1 aliphatic rings. The van der Waals surface area contributed by atoms with Crippen molar-refractivity contribution in [2.75, 3.05) is 6.54 Å². The predicted molar refractivity (Wildman–Crippen MR) is 126 cm³/mol. The molecule has 0 fully saturated rings. The highest BCUT2D eigenvalue weighted by Gasteiger charge is 2.28. The van der Waals surface area contributed by atoms with Gasteiger partial charge in [-0.15, -0.1) is 11.3 Å². The van der Waals surface area contributed by atoms with Gasteiger partial charge >= 0.3 is 0 Å². The highest BCUT2D eigenvalue weighted by molar-refractivity contribution is 7.10. The number of hydrogen-bond donors (Lipinski definition) is 1. The number of rotatable bonds is 6. The molecule has 1 N–H and O–H groups in total. The van der Waals surface area contributed by atoms with Gasteiger partial charge in [-0.2, -0.15) is 0 Å². The van der Waals surface area contributed by atoms with E-state index in [-0.39, 0.29) is 17.9 Å². The monoisotopic (exact) mass is 444 g/mol. The Kier molecular flexibility index (Phi) is 5.49. The van der Waals surface area contributed by atoms with Crippen LogP contribution in [0.15, 0.2) is 66.0 Å². The number of fused-ring (bicyclic) bond motifs is 3. The first-order valence-corrected chi connectivity index (χ1v) is 11.7. The average molecular weight is 445 g/mol. The number of imidazole rings is 1. The molecule has 0 bridgehead atoms. The molecule has 6 nitrogen and oxygen atoms in total. The van der Waals surface area contributed by atoms with Gasteiger partial charge in [0, 0.05) is 30.1 Å². The number of nitrogens with one attached hydrogen (secondary N) is 1. The number of hydrogen-bond acceptors (Lipinski definition) is 4. The maximum Gasteiger partial charge on any atom is 0.290 e. The summed E-state index contributed by atoms with van der Waals surface area (Å²) in [6, 6.07) is 19.5. The molecule has 5 rings (SSSR count). The molecule has 0 radical (unpaired) electrons. The Hall–Kier alpha value is -3.45. The van der Waals surface area contributed by atoms with Gasteiger partial charge in [0.25, 0.3) is 11.8 Å². The molecule has 0 spiro atoms. The van der Waals surface area contributed by atoms with Crippen LogP contribution in [0.4, 0.5) is 0 Å². The van der Waals surface area contributed by atoms with E-state index in [4.69, 9.17) is 0 Å². The Balaban J connectivity index is 1.38. The zero-order valence-electron chi connectivity index (χ0n) is 17.8. The van der Waals surface area contributed by atoms with Gasteiger partial charge in [0.15, 0.2) is 5.82 Å². The molecule has 162 valence electrons. The van der Waals surface area contributed by atoms with Crippen LogP contribution in [0.2, 0.25) is 0 Å². The predicted octanol–water partition coefficient (Wildman–Crippen LogP) is 4.63. The van der Waals surface area contributed by atoms with Gasteiger partial charge in [-0.3, -0.25) is 9.59 Å². The Morgan fingerprint density at radius 1 is 1.12 bits per heavy atom. The van der Waals surface area contributed by atoms with E-state index in [1.54, 1.807) is 17.4 Å². The summed E-state index contributed by atoms with van der Waals surface area (Å²) in [5.41, 5.74) is 3.21. The first kappa shape index (κ1) is 20.5. The lowest BCUT2D eigenvalue weighted by atomic mass is 10.1. The number of carbonyl (C=O) groups is 2. The zero-order valence-corrected chi connectivity index (χ0v) is 18.6. The molecule has 2 aromatic carbocycles. The van der Waals surface area contributed by atoms with Crippen molar-refractivity contribution in [3.8, 4) is 0 Å². The van der Waals surface area contributed by atoms with Crippen molar-refractivity contribution in [1.82, 2.24) is 19.8 Å². The van der Waals surface area contributed by atoms with Crippen LogP contribution in [0.3, 0.4) is 0 Å². The van der Waals surface area contributed by atoms with Crippen molar-refractivity contribution in [2.45, 2.75) is 32.5 Å². The van der Waals surface area contributed by atoms with E-state index in [2.05, 4.69) is 17.2 Å². The summed E-state index contributed by atoms with van der Waals surface area (Å²) < 4.78 is 1.96. The summed E-state index contributed by atoms with van der Waals surface area (Å²) in [4.78, 5) is 33.6. The summed E-state index contributed by atoms with van der Waals surface area (Å²) in [5, 5.41) is 5.13. The molecular formula is C25H24N4O2S. The quantitative estimate of drug-likeness (QED) is 0.471. The molecule has 3 heterocycles. The minimum atomic E-state index is -0.129. The van der Waals surface area contributed by atoms with Gasteiger partial charge in [-0.25, -0.2) is 4.98 Å². The second kappa shape index (κ2) is 8.59. The van der Waals surface area contributed by atoms with Crippen LogP contribution in [0.1, 0.15) is 50.8 Å². The van der Waals surface area contributed by atoms with Crippen LogP contribution in [0.5, 0.6) is 0 Å². The number of benzene rings is 2. The highest BCUT2D eigenvalue weighted by Crippen LogP contribution is 2.25. The Morgan fingerprint density at radius 3 is 2.72 bits per heavy atom. The van der Waals surface area contributed by atoms with Crippen molar-refractivity contribution in [3.63, 3.8) is 0 Å². The number of nitrogens with zero attached hydrogens (tertiary/aromatic N) is 3. The fraction of sp³-hybridized carbons (Fsp3) is 0.240. The maximum absolute atomic E-state index is 13.1. The zero-order chi connectivity index (χ0) is 22.1. The van der Waals surface area contributed by atoms with E-state index in [1.165, 1.54) is 0 Å². The fourth-order valence-corrected chi connectivity index (χ4v) is 5.05. The van der Waals surface area contributed by atoms with Gasteiger partial charge in [0.2, 0.25) is 0 Å². The SMILES string of the molecule is CC[C@@H](NC(=O)c1ccc2c(c1)nc1n2CCN(Cc2ccccc2)C1=O)c1cccs1. The van der Waals surface area contributed by atoms with Crippen LogP contribution in [-0.4, -0.2) is 32.8 Å². The second-order valence-electron chi connectivity index (χ2n) is 7.95. The smallest absolute Gasteiger partial charge is 0.290 e. The van der Waals surface area contributed by atoms with Crippen LogP contribution < -0.4 is 5.32 Å². The summed E-state index contributed by atoms with van der Waals surface area (Å²) >= 11 is 1.64. The molecule has 0 saturated carbocycles. The van der Waals surface area contributed by atoms with E-state index in [0.29, 0.717) is 36.5 Å². The molecular weight excluding hydrogens is 420 g/mol. The third kappa shape index (κ3) is 3.80. The van der Waals surface area contributed by atoms with E-state index in [0.717, 1.165) is 22.4 Å². The maximum atomic E-state index is 13.1. The molecule has 0 aliphatic carbocycles. The molecule has 2 aromatic heterocycles. The first-order chi connectivity index (χ1) is 15.6. The third-order valence-corrected chi connectivity index (χ3v) is 6.88. The molecule has 7 heteroatoms. The van der Waals surface area contributed by atoms with Gasteiger partial charge in [0.1, 0.15) is 0 Å². The largest absolute Gasteiger partial charge is 0.344 e. The molecule has 32 heavy (non-hydrogen) atoms. The molecule has 0 saturated heterocycles. The summed E-state index contributed by atoms with van der Waals surface area (Å²) in [7, 11) is 0. The topological polar surface area (TPSA) is 67.2 Å². The standard InChI is InChI=1S/C25H24N4O2S/c1-2-19(22-9-6-14-32-22)27-24(30)18-10-11-21-20(15-18)26-23-25(31)28(12-13-29(21)23)16-17-7-4-3-5-8-17/h3-11,14-15,19H,2,12-13,16H2,1H3,(H,27,30)/t19-/m1/s1. The van der Waals surface area contributed by atoms with Crippen LogP contribution in [0, 0.1) is 0 Å². The number of thiophene rings is 1. The van der Waals surface area contributed by atoms with E-state index in [9.17, 15) is 9.59 Å². The Morgan fingerprint density at radius 2 is 1.97 bits per heavy atom. The average Bonchev–Trinajstić information content (AvgIpc) is 3.48. The van der Waals surface area contributed by atoms with Crippen molar-refractivity contribution in [2.24, 2.45) is 0 Å². The van der Waals surface area contributed by atoms with E-state index in [1.807, 2.05) is 69.4 Å². The molecule has 0 unspecified atom stereocenters. The lowest BCUT2D eigenvalue weighted by Gasteiger charge is -2.27. The van der Waals surface area contributed by atoms with Crippen LogP contribution in [0.25, 0.3) is 11.0 Å². The lowest BCUT2D eigenvalue weighted by molar-refractivity contribution is 0.0685. The third-order valence-electron chi connectivity index (χ3n) is 5.90. The first-order valence-electron chi connectivity index (χ1n) is 10.8. The Labute approximate surface area is 190 Å². The van der Waals surface area contributed by atoms with E-state index < -0.39 is 0 Å². The minimum Gasteiger partial charge on any atom is -0.344 e. The summed E-state index contributed by atoms with van der Waals surface area (Å²) in [6.45, 7) is 3.95. The van der Waals surface area contributed by atoms with Crippen molar-refractivity contribution in [3.05, 3.63) is 87.9 Å².